The zero-order valence-electron chi connectivity index (χ0n) is 11.9. The number of hydrogen-bond donors (Lipinski definition) is 0. The van der Waals surface area contributed by atoms with Gasteiger partial charge < -0.3 is 4.74 Å². The standard InChI is InChI=1S/C15H26O2/c1-6-12-8-7-9-15(4,5)13(12)14(16)17-10-11(2)3/h8,11,13H,6-7,9-10H2,1-5H3. The zero-order valence-corrected chi connectivity index (χ0v) is 11.9. The van der Waals surface area contributed by atoms with E-state index in [1.165, 1.54) is 5.57 Å². The average Bonchev–Trinajstić information content (AvgIpc) is 2.24. The molecule has 0 aromatic heterocycles. The summed E-state index contributed by atoms with van der Waals surface area (Å²) in [7, 11) is 0. The summed E-state index contributed by atoms with van der Waals surface area (Å²) in [5, 5.41) is 0. The number of ether oxygens (including phenoxy) is 1. The van der Waals surface area contributed by atoms with E-state index in [-0.39, 0.29) is 17.3 Å². The molecular formula is C15H26O2. The molecule has 0 saturated carbocycles. The summed E-state index contributed by atoms with van der Waals surface area (Å²) in [5.74, 6) is 0.330. The molecule has 1 aliphatic rings. The Kier molecular flexibility index (Phi) is 4.79. The Hall–Kier alpha value is -0.790. The first-order chi connectivity index (χ1) is 7.88. The summed E-state index contributed by atoms with van der Waals surface area (Å²) >= 11 is 0. The van der Waals surface area contributed by atoms with Gasteiger partial charge in [-0.25, -0.2) is 0 Å². The molecule has 0 aromatic carbocycles. The van der Waals surface area contributed by atoms with E-state index in [1.54, 1.807) is 0 Å². The highest BCUT2D eigenvalue weighted by atomic mass is 16.5. The van der Waals surface area contributed by atoms with Gasteiger partial charge in [0.05, 0.1) is 12.5 Å². The molecule has 17 heavy (non-hydrogen) atoms. The van der Waals surface area contributed by atoms with E-state index in [2.05, 4.69) is 40.7 Å². The molecule has 0 radical (unpaired) electrons. The Morgan fingerprint density at radius 1 is 1.53 bits per heavy atom. The van der Waals surface area contributed by atoms with Gasteiger partial charge in [-0.15, -0.1) is 0 Å². The third-order valence-electron chi connectivity index (χ3n) is 3.55. The van der Waals surface area contributed by atoms with Crippen LogP contribution in [-0.4, -0.2) is 12.6 Å². The number of hydrogen-bond acceptors (Lipinski definition) is 2. The number of carbonyl (C=O) groups is 1. The number of allylic oxidation sites excluding steroid dienone is 1. The van der Waals surface area contributed by atoms with E-state index in [0.717, 1.165) is 19.3 Å². The van der Waals surface area contributed by atoms with Crippen LogP contribution in [0, 0.1) is 17.3 Å². The maximum atomic E-state index is 12.2. The number of carbonyl (C=O) groups excluding carboxylic acids is 1. The molecule has 0 bridgehead atoms. The monoisotopic (exact) mass is 238 g/mol. The van der Waals surface area contributed by atoms with Crippen molar-refractivity contribution in [1.29, 1.82) is 0 Å². The van der Waals surface area contributed by atoms with E-state index in [1.807, 2.05) is 0 Å². The predicted octanol–water partition coefficient (Wildman–Crippen LogP) is 3.96. The molecule has 0 saturated heterocycles. The van der Waals surface area contributed by atoms with Gasteiger partial charge in [0.25, 0.3) is 0 Å². The second-order valence-electron chi connectivity index (χ2n) is 6.12. The third-order valence-corrected chi connectivity index (χ3v) is 3.55. The second-order valence-corrected chi connectivity index (χ2v) is 6.12. The molecule has 1 aliphatic carbocycles. The highest BCUT2D eigenvalue weighted by molar-refractivity contribution is 5.77. The summed E-state index contributed by atoms with van der Waals surface area (Å²) in [6.07, 6.45) is 5.33. The van der Waals surface area contributed by atoms with Gasteiger partial charge in [-0.3, -0.25) is 4.79 Å². The van der Waals surface area contributed by atoms with Crippen LogP contribution in [0.3, 0.4) is 0 Å². The first kappa shape index (κ1) is 14.3. The molecule has 1 unspecified atom stereocenters. The third kappa shape index (κ3) is 3.58. The fourth-order valence-electron chi connectivity index (χ4n) is 2.54. The largest absolute Gasteiger partial charge is 0.465 e. The lowest BCUT2D eigenvalue weighted by atomic mass is 9.68. The maximum absolute atomic E-state index is 12.2. The van der Waals surface area contributed by atoms with Crippen LogP contribution in [0.2, 0.25) is 0 Å². The minimum absolute atomic E-state index is 0.0310. The van der Waals surface area contributed by atoms with Crippen LogP contribution in [0.5, 0.6) is 0 Å². The smallest absolute Gasteiger partial charge is 0.313 e. The topological polar surface area (TPSA) is 26.3 Å². The van der Waals surface area contributed by atoms with Gasteiger partial charge in [0.1, 0.15) is 0 Å². The van der Waals surface area contributed by atoms with Crippen molar-refractivity contribution in [3.63, 3.8) is 0 Å². The normalized spacial score (nSPS) is 23.4. The molecular weight excluding hydrogens is 212 g/mol. The lowest BCUT2D eigenvalue weighted by Gasteiger charge is -2.37. The van der Waals surface area contributed by atoms with Crippen molar-refractivity contribution >= 4 is 5.97 Å². The number of rotatable bonds is 4. The van der Waals surface area contributed by atoms with Crippen LogP contribution < -0.4 is 0 Å². The molecule has 2 heteroatoms. The molecule has 0 heterocycles. The van der Waals surface area contributed by atoms with Gasteiger partial charge in [-0.2, -0.15) is 0 Å². The summed E-state index contributed by atoms with van der Waals surface area (Å²) in [5.41, 5.74) is 1.30. The first-order valence-electron chi connectivity index (χ1n) is 6.74. The molecule has 0 amide bonds. The van der Waals surface area contributed by atoms with Crippen molar-refractivity contribution in [2.45, 2.75) is 53.9 Å². The predicted molar refractivity (Wildman–Crippen MR) is 70.7 cm³/mol. The van der Waals surface area contributed by atoms with Crippen molar-refractivity contribution < 1.29 is 9.53 Å². The van der Waals surface area contributed by atoms with E-state index >= 15 is 0 Å². The van der Waals surface area contributed by atoms with E-state index in [0.29, 0.717) is 12.5 Å². The minimum atomic E-state index is -0.0417. The number of esters is 1. The Morgan fingerprint density at radius 3 is 2.71 bits per heavy atom. The van der Waals surface area contributed by atoms with Crippen molar-refractivity contribution in [2.75, 3.05) is 6.61 Å². The summed E-state index contributed by atoms with van der Waals surface area (Å²) < 4.78 is 5.43. The van der Waals surface area contributed by atoms with Crippen molar-refractivity contribution in [2.24, 2.45) is 17.3 Å². The lowest BCUT2D eigenvalue weighted by molar-refractivity contribution is -0.152. The van der Waals surface area contributed by atoms with Gasteiger partial charge in [0.15, 0.2) is 0 Å². The van der Waals surface area contributed by atoms with Crippen molar-refractivity contribution in [3.05, 3.63) is 11.6 Å². The molecule has 0 aromatic rings. The molecule has 98 valence electrons. The molecule has 1 rings (SSSR count). The summed E-state index contributed by atoms with van der Waals surface area (Å²) in [6, 6.07) is 0. The van der Waals surface area contributed by atoms with E-state index in [9.17, 15) is 4.79 Å². The van der Waals surface area contributed by atoms with Gasteiger partial charge in [-0.05, 0) is 30.6 Å². The Balaban J connectivity index is 2.79. The molecule has 2 nitrogen and oxygen atoms in total. The maximum Gasteiger partial charge on any atom is 0.313 e. The molecule has 0 fully saturated rings. The van der Waals surface area contributed by atoms with Gasteiger partial charge in [-0.1, -0.05) is 46.3 Å². The second kappa shape index (κ2) is 5.70. The van der Waals surface area contributed by atoms with Crippen LogP contribution in [0.15, 0.2) is 11.6 Å². The highest BCUT2D eigenvalue weighted by Gasteiger charge is 2.39. The summed E-state index contributed by atoms with van der Waals surface area (Å²) in [6.45, 7) is 11.1. The molecule has 0 aliphatic heterocycles. The Labute approximate surface area is 105 Å². The molecule has 0 spiro atoms. The molecule has 1 atom stereocenters. The van der Waals surface area contributed by atoms with Crippen LogP contribution in [0.1, 0.15) is 53.9 Å². The van der Waals surface area contributed by atoms with Crippen molar-refractivity contribution in [3.8, 4) is 0 Å². The first-order valence-corrected chi connectivity index (χ1v) is 6.74. The van der Waals surface area contributed by atoms with Crippen LogP contribution in [0.4, 0.5) is 0 Å². The van der Waals surface area contributed by atoms with Crippen molar-refractivity contribution in [1.82, 2.24) is 0 Å². The van der Waals surface area contributed by atoms with Gasteiger partial charge in [0.2, 0.25) is 0 Å². The summed E-state index contributed by atoms with van der Waals surface area (Å²) in [4.78, 5) is 12.2. The van der Waals surface area contributed by atoms with E-state index < -0.39 is 0 Å². The van der Waals surface area contributed by atoms with E-state index in [4.69, 9.17) is 4.74 Å². The quantitative estimate of drug-likeness (QED) is 0.547. The minimum Gasteiger partial charge on any atom is -0.465 e. The van der Waals surface area contributed by atoms with Crippen LogP contribution in [0.25, 0.3) is 0 Å². The lowest BCUT2D eigenvalue weighted by Crippen LogP contribution is -2.36. The van der Waals surface area contributed by atoms with Crippen LogP contribution in [-0.2, 0) is 9.53 Å². The fraction of sp³-hybridized carbons (Fsp3) is 0.800. The Morgan fingerprint density at radius 2 is 2.18 bits per heavy atom. The highest BCUT2D eigenvalue weighted by Crippen LogP contribution is 2.42. The SMILES string of the molecule is CCC1=CCCC(C)(C)C1C(=O)OCC(C)C. The molecule has 0 N–H and O–H groups in total. The van der Waals surface area contributed by atoms with Gasteiger partial charge in [0, 0.05) is 0 Å². The van der Waals surface area contributed by atoms with Crippen LogP contribution >= 0.6 is 0 Å². The zero-order chi connectivity index (χ0) is 13.1. The average molecular weight is 238 g/mol. The fourth-order valence-corrected chi connectivity index (χ4v) is 2.54. The van der Waals surface area contributed by atoms with Gasteiger partial charge >= 0.3 is 5.97 Å². The Bertz CT molecular complexity index is 300.